The molecule has 0 spiro atoms. The Hall–Kier alpha value is -2.22. The van der Waals surface area contributed by atoms with Gasteiger partial charge in [0, 0.05) is 26.4 Å². The van der Waals surface area contributed by atoms with E-state index < -0.39 is 12.1 Å². The topological polar surface area (TPSA) is 95.1 Å². The lowest BCUT2D eigenvalue weighted by molar-refractivity contribution is -0.132. The van der Waals surface area contributed by atoms with Gasteiger partial charge in [-0.25, -0.2) is 0 Å². The molecule has 2 aromatic carbocycles. The predicted octanol–water partition coefficient (Wildman–Crippen LogP) is 3.86. The van der Waals surface area contributed by atoms with Gasteiger partial charge in [0.2, 0.25) is 5.91 Å². The highest BCUT2D eigenvalue weighted by molar-refractivity contribution is 14.1. The van der Waals surface area contributed by atoms with Crippen molar-refractivity contribution in [3.63, 3.8) is 0 Å². The number of carbonyl (C=O) groups is 1. The number of amides is 1. The van der Waals surface area contributed by atoms with Gasteiger partial charge in [-0.2, -0.15) is 5.26 Å². The molecule has 1 amide bonds. The summed E-state index contributed by atoms with van der Waals surface area (Å²) in [5.41, 5.74) is 8.13. The third kappa shape index (κ3) is 4.37. The van der Waals surface area contributed by atoms with Crippen molar-refractivity contribution < 1.29 is 9.53 Å². The lowest BCUT2D eigenvalue weighted by atomic mass is 10.0. The van der Waals surface area contributed by atoms with Crippen LogP contribution in [0.25, 0.3) is 10.9 Å². The molecule has 0 bridgehead atoms. The SMILES string of the molecule is N#C[C@@H]1CSCN1C(=O)[C@@H](N)Cc1c[nH]c2ccc(Oc3ccc(I)cc3)cc12. The largest absolute Gasteiger partial charge is 0.457 e. The van der Waals surface area contributed by atoms with Crippen LogP contribution in [0.2, 0.25) is 0 Å². The molecule has 2 atom stereocenters. The summed E-state index contributed by atoms with van der Waals surface area (Å²) in [5.74, 6) is 2.47. The number of aromatic nitrogens is 1. The molecule has 1 saturated heterocycles. The molecule has 6 nitrogen and oxygen atoms in total. The highest BCUT2D eigenvalue weighted by Crippen LogP contribution is 2.29. The number of nitriles is 1. The summed E-state index contributed by atoms with van der Waals surface area (Å²) in [6.45, 7) is 0. The van der Waals surface area contributed by atoms with E-state index in [1.54, 1.807) is 16.7 Å². The normalized spacial score (nSPS) is 17.3. The van der Waals surface area contributed by atoms with E-state index in [9.17, 15) is 10.1 Å². The van der Waals surface area contributed by atoms with E-state index in [1.165, 1.54) is 0 Å². The van der Waals surface area contributed by atoms with Crippen LogP contribution in [0.4, 0.5) is 0 Å². The number of nitrogens with one attached hydrogen (secondary N) is 1. The van der Waals surface area contributed by atoms with Gasteiger partial charge in [-0.15, -0.1) is 11.8 Å². The number of H-pyrrole nitrogens is 1. The number of ether oxygens (including phenoxy) is 1. The molecule has 1 aliphatic heterocycles. The molecule has 4 rings (SSSR count). The molecule has 3 aromatic rings. The second-order valence-corrected chi connectivity index (χ2v) is 9.09. The molecule has 2 heterocycles. The molecule has 0 radical (unpaired) electrons. The minimum Gasteiger partial charge on any atom is -0.457 e. The van der Waals surface area contributed by atoms with Gasteiger partial charge in [-0.1, -0.05) is 0 Å². The van der Waals surface area contributed by atoms with Crippen molar-refractivity contribution in [1.29, 1.82) is 5.26 Å². The number of benzene rings is 2. The van der Waals surface area contributed by atoms with Crippen molar-refractivity contribution in [2.24, 2.45) is 5.73 Å². The third-order valence-corrected chi connectivity index (χ3v) is 6.59. The van der Waals surface area contributed by atoms with Gasteiger partial charge in [0.1, 0.15) is 17.5 Å². The smallest absolute Gasteiger partial charge is 0.241 e. The van der Waals surface area contributed by atoms with Crippen molar-refractivity contribution in [2.75, 3.05) is 11.6 Å². The summed E-state index contributed by atoms with van der Waals surface area (Å²) in [6.07, 6.45) is 2.28. The van der Waals surface area contributed by atoms with Crippen molar-refractivity contribution in [1.82, 2.24) is 9.88 Å². The van der Waals surface area contributed by atoms with Crippen molar-refractivity contribution in [3.05, 3.63) is 57.8 Å². The second kappa shape index (κ2) is 8.65. The first kappa shape index (κ1) is 20.1. The Kier molecular flexibility index (Phi) is 5.99. The molecule has 0 unspecified atom stereocenters. The van der Waals surface area contributed by atoms with Crippen LogP contribution in [0.1, 0.15) is 5.56 Å². The minimum atomic E-state index is -0.690. The zero-order valence-electron chi connectivity index (χ0n) is 15.5. The summed E-state index contributed by atoms with van der Waals surface area (Å²) < 4.78 is 7.11. The highest BCUT2D eigenvalue weighted by Gasteiger charge is 2.32. The first-order chi connectivity index (χ1) is 14.0. The van der Waals surface area contributed by atoms with Gasteiger partial charge < -0.3 is 20.4 Å². The van der Waals surface area contributed by atoms with Gasteiger partial charge in [0.15, 0.2) is 0 Å². The number of nitrogens with zero attached hydrogens (tertiary/aromatic N) is 2. The Morgan fingerprint density at radius 3 is 2.86 bits per heavy atom. The molecule has 1 aliphatic rings. The first-order valence-electron chi connectivity index (χ1n) is 9.12. The Morgan fingerprint density at radius 1 is 1.34 bits per heavy atom. The Labute approximate surface area is 186 Å². The summed E-state index contributed by atoms with van der Waals surface area (Å²) in [7, 11) is 0. The Bertz CT molecular complexity index is 1080. The van der Waals surface area contributed by atoms with Gasteiger partial charge in [-0.05, 0) is 77.0 Å². The standard InChI is InChI=1S/C21H19IN4O2S/c22-14-1-3-16(4-2-14)28-17-5-6-20-18(8-17)13(10-25-20)7-19(24)21(27)26-12-29-11-15(26)9-23/h1-6,8,10,15,19,25H,7,11-12,24H2/t15-,19+/m1/s1. The average Bonchev–Trinajstić information content (AvgIpc) is 3.36. The lowest BCUT2D eigenvalue weighted by Crippen LogP contribution is -2.47. The third-order valence-electron chi connectivity index (χ3n) is 4.86. The van der Waals surface area contributed by atoms with E-state index in [0.29, 0.717) is 18.1 Å². The highest BCUT2D eigenvalue weighted by atomic mass is 127. The second-order valence-electron chi connectivity index (χ2n) is 6.84. The van der Waals surface area contributed by atoms with Gasteiger partial charge in [0.25, 0.3) is 0 Å². The molecule has 3 N–H and O–H groups in total. The van der Waals surface area contributed by atoms with Crippen molar-refractivity contribution in [2.45, 2.75) is 18.5 Å². The number of nitrogens with two attached hydrogens (primary N) is 1. The fraction of sp³-hybridized carbons (Fsp3) is 0.238. The molecule has 1 fully saturated rings. The molecule has 29 heavy (non-hydrogen) atoms. The maximum absolute atomic E-state index is 12.7. The monoisotopic (exact) mass is 518 g/mol. The van der Waals surface area contributed by atoms with E-state index in [4.69, 9.17) is 10.5 Å². The zero-order valence-corrected chi connectivity index (χ0v) is 18.4. The van der Waals surface area contributed by atoms with Crippen molar-refractivity contribution in [3.8, 4) is 17.6 Å². The van der Waals surface area contributed by atoms with E-state index in [1.807, 2.05) is 48.7 Å². The molecule has 0 aliphatic carbocycles. The predicted molar refractivity (Wildman–Crippen MR) is 123 cm³/mol. The lowest BCUT2D eigenvalue weighted by Gasteiger charge is -2.22. The number of aromatic amines is 1. The van der Waals surface area contributed by atoms with E-state index in [-0.39, 0.29) is 5.91 Å². The van der Waals surface area contributed by atoms with Crippen LogP contribution >= 0.6 is 34.4 Å². The van der Waals surface area contributed by atoms with E-state index in [2.05, 4.69) is 33.6 Å². The van der Waals surface area contributed by atoms with Crippen LogP contribution in [0.5, 0.6) is 11.5 Å². The zero-order chi connectivity index (χ0) is 20.4. The quantitative estimate of drug-likeness (QED) is 0.501. The molecule has 1 aromatic heterocycles. The fourth-order valence-electron chi connectivity index (χ4n) is 3.33. The summed E-state index contributed by atoms with van der Waals surface area (Å²) in [6, 6.07) is 14.8. The van der Waals surface area contributed by atoms with Crippen LogP contribution in [-0.2, 0) is 11.2 Å². The molecule has 8 heteroatoms. The maximum Gasteiger partial charge on any atom is 0.241 e. The molecular weight excluding hydrogens is 499 g/mol. The van der Waals surface area contributed by atoms with Gasteiger partial charge in [0.05, 0.1) is 18.0 Å². The fourth-order valence-corrected chi connectivity index (χ4v) is 4.78. The number of hydrogen-bond donors (Lipinski definition) is 2. The first-order valence-corrected chi connectivity index (χ1v) is 11.4. The van der Waals surface area contributed by atoms with E-state index >= 15 is 0 Å². The minimum absolute atomic E-state index is 0.179. The van der Waals surface area contributed by atoms with Crippen LogP contribution in [0.15, 0.2) is 48.7 Å². The number of rotatable bonds is 5. The van der Waals surface area contributed by atoms with Crippen LogP contribution in [0.3, 0.4) is 0 Å². The number of hydrogen-bond acceptors (Lipinski definition) is 5. The van der Waals surface area contributed by atoms with Gasteiger partial charge >= 0.3 is 0 Å². The Balaban J connectivity index is 1.52. The van der Waals surface area contributed by atoms with Crippen LogP contribution in [0, 0.1) is 14.9 Å². The molecular formula is C21H19IN4O2S. The number of carbonyl (C=O) groups excluding carboxylic acids is 1. The summed E-state index contributed by atoms with van der Waals surface area (Å²) in [4.78, 5) is 17.5. The van der Waals surface area contributed by atoms with Crippen molar-refractivity contribution >= 4 is 51.2 Å². The number of halogens is 1. The van der Waals surface area contributed by atoms with Crippen LogP contribution < -0.4 is 10.5 Å². The Morgan fingerprint density at radius 2 is 2.10 bits per heavy atom. The van der Waals surface area contributed by atoms with Crippen LogP contribution in [-0.4, -0.2) is 39.5 Å². The van der Waals surface area contributed by atoms with E-state index in [0.717, 1.165) is 31.5 Å². The number of fused-ring (bicyclic) bond motifs is 1. The van der Waals surface area contributed by atoms with Gasteiger partial charge in [-0.3, -0.25) is 4.79 Å². The maximum atomic E-state index is 12.7. The molecule has 148 valence electrons. The number of thioether (sulfide) groups is 1. The average molecular weight is 518 g/mol. The molecule has 0 saturated carbocycles. The summed E-state index contributed by atoms with van der Waals surface area (Å²) in [5, 5.41) is 10.2. The summed E-state index contributed by atoms with van der Waals surface area (Å²) >= 11 is 3.83.